The predicted molar refractivity (Wildman–Crippen MR) is 53.2 cm³/mol. The first-order valence-electron chi connectivity index (χ1n) is 2.68. The smallest absolute Gasteiger partial charge is 0.142 e. The van der Waals surface area contributed by atoms with E-state index in [1.807, 2.05) is 21.2 Å². The van der Waals surface area contributed by atoms with Gasteiger partial charge in [-0.3, -0.25) is 0 Å². The summed E-state index contributed by atoms with van der Waals surface area (Å²) in [6.45, 7) is 0. The lowest BCUT2D eigenvalue weighted by Crippen LogP contribution is -1.94. The lowest BCUT2D eigenvalue weighted by atomic mass is 10.3. The monoisotopic (exact) mass is 282 g/mol. The Morgan fingerprint density at radius 1 is 1.73 bits per heavy atom. The minimum atomic E-state index is -0.396. The zero-order valence-corrected chi connectivity index (χ0v) is 8.32. The van der Waals surface area contributed by atoms with Crippen molar-refractivity contribution in [1.82, 2.24) is 4.98 Å². The second kappa shape index (κ2) is 3.85. The van der Waals surface area contributed by atoms with Gasteiger partial charge in [0.05, 0.1) is 11.8 Å². The normalized spacial score (nSPS) is 8.91. The standard InChI is InChI=1S/C6H4FIN2S/c7-5-1-4(3-11-8)6(9)10-2-5/h1-2H,(H2,9,10). The summed E-state index contributed by atoms with van der Waals surface area (Å²) >= 11 is 2.02. The van der Waals surface area contributed by atoms with Crippen LogP contribution in [-0.2, 0) is 0 Å². The van der Waals surface area contributed by atoms with Crippen molar-refractivity contribution in [2.24, 2.45) is 0 Å². The van der Waals surface area contributed by atoms with Crippen LogP contribution in [0.4, 0.5) is 10.2 Å². The Labute approximate surface area is 79.2 Å². The summed E-state index contributed by atoms with van der Waals surface area (Å²) in [7, 11) is 1.31. The molecule has 0 aromatic carbocycles. The van der Waals surface area contributed by atoms with Crippen molar-refractivity contribution in [2.75, 3.05) is 5.73 Å². The van der Waals surface area contributed by atoms with Gasteiger partial charge in [-0.1, -0.05) is 8.34 Å². The molecular formula is C6H4FIN2S. The SMILES string of the molecule is Nc1ncc(F)cc1C#SI. The fraction of sp³-hybridized carbons (Fsp3) is 0. The first kappa shape index (κ1) is 8.70. The fourth-order valence-electron chi connectivity index (χ4n) is 0.573. The summed E-state index contributed by atoms with van der Waals surface area (Å²) in [4.78, 5) is 3.62. The predicted octanol–water partition coefficient (Wildman–Crippen LogP) is 2.19. The van der Waals surface area contributed by atoms with Gasteiger partial charge in [-0.25, -0.2) is 9.37 Å². The molecule has 0 atom stereocenters. The molecule has 1 heterocycles. The summed E-state index contributed by atoms with van der Waals surface area (Å²) in [6, 6.07) is 1.30. The Hall–Kier alpha value is -0.390. The van der Waals surface area contributed by atoms with Gasteiger partial charge in [-0.05, 0) is 11.3 Å². The molecule has 5 heteroatoms. The third-order valence-corrected chi connectivity index (χ3v) is 1.99. The Balaban J connectivity index is 3.19. The first-order valence-corrected chi connectivity index (χ1v) is 6.04. The van der Waals surface area contributed by atoms with Crippen LogP contribution in [-0.4, -0.2) is 4.98 Å². The average Bonchev–Trinajstić information content (AvgIpc) is 1.98. The van der Waals surface area contributed by atoms with Gasteiger partial charge in [0.15, 0.2) is 0 Å². The Morgan fingerprint density at radius 3 is 3.09 bits per heavy atom. The number of anilines is 1. The van der Waals surface area contributed by atoms with Gasteiger partial charge in [0.25, 0.3) is 0 Å². The van der Waals surface area contributed by atoms with E-state index in [0.29, 0.717) is 11.4 Å². The second-order valence-electron chi connectivity index (χ2n) is 1.77. The van der Waals surface area contributed by atoms with E-state index in [1.165, 1.54) is 14.4 Å². The third kappa shape index (κ3) is 2.28. The van der Waals surface area contributed by atoms with Crippen LogP contribution >= 0.6 is 29.5 Å². The number of nitrogens with two attached hydrogens (primary N) is 1. The molecule has 0 unspecified atom stereocenters. The summed E-state index contributed by atoms with van der Waals surface area (Å²) in [5, 5.41) is 2.79. The van der Waals surface area contributed by atoms with Crippen LogP contribution in [0.3, 0.4) is 0 Å². The van der Waals surface area contributed by atoms with Gasteiger partial charge in [0.1, 0.15) is 11.6 Å². The van der Waals surface area contributed by atoms with E-state index in [4.69, 9.17) is 5.73 Å². The number of halogens is 2. The molecule has 0 saturated heterocycles. The van der Waals surface area contributed by atoms with E-state index < -0.39 is 5.82 Å². The molecule has 0 saturated carbocycles. The van der Waals surface area contributed by atoms with Gasteiger partial charge in [-0.2, -0.15) is 0 Å². The molecule has 2 nitrogen and oxygen atoms in total. The van der Waals surface area contributed by atoms with E-state index in [1.54, 1.807) is 0 Å². The molecule has 0 spiro atoms. The fourth-order valence-corrected chi connectivity index (χ4v) is 1.53. The molecule has 11 heavy (non-hydrogen) atoms. The number of hydrogen-bond donors (Lipinski definition) is 1. The lowest BCUT2D eigenvalue weighted by molar-refractivity contribution is 0.621. The molecule has 2 N–H and O–H groups in total. The molecule has 1 rings (SSSR count). The molecule has 0 fully saturated rings. The van der Waals surface area contributed by atoms with Crippen molar-refractivity contribution in [3.05, 3.63) is 23.6 Å². The summed E-state index contributed by atoms with van der Waals surface area (Å²) < 4.78 is 12.5. The van der Waals surface area contributed by atoms with Crippen molar-refractivity contribution >= 4 is 35.4 Å². The van der Waals surface area contributed by atoms with Gasteiger partial charge >= 0.3 is 0 Å². The molecule has 1 aromatic rings. The summed E-state index contributed by atoms with van der Waals surface area (Å²) in [5.74, 6) is -0.0947. The zero-order valence-electron chi connectivity index (χ0n) is 5.34. The Morgan fingerprint density at radius 2 is 2.45 bits per heavy atom. The van der Waals surface area contributed by atoms with Crippen LogP contribution in [0.2, 0.25) is 0 Å². The van der Waals surface area contributed by atoms with E-state index >= 15 is 0 Å². The van der Waals surface area contributed by atoms with Crippen molar-refractivity contribution < 1.29 is 4.39 Å². The molecule has 0 aliphatic carbocycles. The quantitative estimate of drug-likeness (QED) is 0.741. The summed E-state index contributed by atoms with van der Waals surface area (Å²) in [5.41, 5.74) is 5.92. The highest BCUT2D eigenvalue weighted by Gasteiger charge is 1.97. The van der Waals surface area contributed by atoms with Crippen LogP contribution in [0.25, 0.3) is 0 Å². The minimum Gasteiger partial charge on any atom is -0.383 e. The second-order valence-corrected chi connectivity index (χ2v) is 3.45. The largest absolute Gasteiger partial charge is 0.383 e. The van der Waals surface area contributed by atoms with Crippen LogP contribution < -0.4 is 5.73 Å². The number of pyridine rings is 1. The number of rotatable bonds is 0. The first-order chi connectivity index (χ1) is 5.24. The maximum atomic E-state index is 12.5. The maximum Gasteiger partial charge on any atom is 0.142 e. The molecule has 0 radical (unpaired) electrons. The molecule has 0 amide bonds. The van der Waals surface area contributed by atoms with E-state index in [2.05, 4.69) is 10.2 Å². The number of aromatic nitrogens is 1. The average molecular weight is 282 g/mol. The minimum absolute atomic E-state index is 0.301. The summed E-state index contributed by atoms with van der Waals surface area (Å²) in [6.07, 6.45) is 1.08. The van der Waals surface area contributed by atoms with Gasteiger partial charge in [0.2, 0.25) is 0 Å². The van der Waals surface area contributed by atoms with E-state index in [9.17, 15) is 4.39 Å². The molecular weight excluding hydrogens is 278 g/mol. The maximum absolute atomic E-state index is 12.5. The topological polar surface area (TPSA) is 38.9 Å². The van der Waals surface area contributed by atoms with Crippen LogP contribution in [0.1, 0.15) is 5.56 Å². The molecule has 0 bridgehead atoms. The van der Waals surface area contributed by atoms with Gasteiger partial charge in [-0.15, -0.1) is 0 Å². The molecule has 0 aliphatic rings. The van der Waals surface area contributed by atoms with Crippen LogP contribution in [0, 0.1) is 11.0 Å². The van der Waals surface area contributed by atoms with E-state index in [0.717, 1.165) is 6.20 Å². The third-order valence-electron chi connectivity index (χ3n) is 1.03. The highest BCUT2D eigenvalue weighted by atomic mass is 127. The highest BCUT2D eigenvalue weighted by Crippen LogP contribution is 2.10. The van der Waals surface area contributed by atoms with Crippen LogP contribution in [0.15, 0.2) is 12.3 Å². The Bertz CT molecular complexity index is 331. The Kier molecular flexibility index (Phi) is 3.04. The van der Waals surface area contributed by atoms with Gasteiger partial charge < -0.3 is 5.73 Å². The highest BCUT2D eigenvalue weighted by molar-refractivity contribution is 14.2. The van der Waals surface area contributed by atoms with Crippen molar-refractivity contribution in [1.29, 1.82) is 0 Å². The van der Waals surface area contributed by atoms with Crippen LogP contribution in [0.5, 0.6) is 0 Å². The molecule has 1 aromatic heterocycles. The number of nitrogen functional groups attached to an aromatic ring is 1. The van der Waals surface area contributed by atoms with Gasteiger partial charge in [0, 0.05) is 21.2 Å². The molecule has 58 valence electrons. The molecule has 0 aliphatic heterocycles. The van der Waals surface area contributed by atoms with Crippen molar-refractivity contribution in [3.63, 3.8) is 0 Å². The number of hydrogen-bond acceptors (Lipinski definition) is 2. The van der Waals surface area contributed by atoms with Crippen molar-refractivity contribution in [2.45, 2.75) is 0 Å². The van der Waals surface area contributed by atoms with E-state index in [-0.39, 0.29) is 0 Å². The lowest BCUT2D eigenvalue weighted by Gasteiger charge is -1.94. The number of nitrogens with zero attached hydrogens (tertiary/aromatic N) is 1. The zero-order chi connectivity index (χ0) is 8.27. The van der Waals surface area contributed by atoms with Crippen molar-refractivity contribution in [3.8, 4) is 5.18 Å².